The topological polar surface area (TPSA) is 0 Å². The molecule has 0 bridgehead atoms. The number of hydrogen-bond acceptors (Lipinski definition) is 0. The summed E-state index contributed by atoms with van der Waals surface area (Å²) in [6, 6.07) is 29.9. The summed E-state index contributed by atoms with van der Waals surface area (Å²) in [5.74, 6) is 0. The first-order chi connectivity index (χ1) is 15.3. The normalized spacial score (nSPS) is 19.3. The van der Waals surface area contributed by atoms with Crippen molar-refractivity contribution in [2.45, 2.75) is 51.9 Å². The third kappa shape index (κ3) is 2.50. The molecule has 0 aromatic heterocycles. The van der Waals surface area contributed by atoms with E-state index >= 15 is 0 Å². The van der Waals surface area contributed by atoms with Gasteiger partial charge in [0, 0.05) is 10.8 Å². The van der Waals surface area contributed by atoms with Gasteiger partial charge < -0.3 is 0 Å². The Balaban J connectivity index is 1.60. The van der Waals surface area contributed by atoms with Crippen LogP contribution < -0.4 is 0 Å². The molecule has 1 atom stereocenters. The predicted molar refractivity (Wildman–Crippen MR) is 136 cm³/mol. The average Bonchev–Trinajstić information content (AvgIpc) is 3.15. The third-order valence-corrected chi connectivity index (χ3v) is 8.03. The van der Waals surface area contributed by atoms with Crippen LogP contribution in [0.2, 0.25) is 0 Å². The van der Waals surface area contributed by atoms with Crippen molar-refractivity contribution in [2.24, 2.45) is 0 Å². The molecule has 0 amide bonds. The summed E-state index contributed by atoms with van der Waals surface area (Å²) in [6.45, 7) is 11.7. The van der Waals surface area contributed by atoms with Crippen LogP contribution in [0, 0.1) is 13.8 Å². The zero-order chi connectivity index (χ0) is 22.3. The Bertz CT molecular complexity index is 1400. The lowest BCUT2D eigenvalue weighted by molar-refractivity contribution is 0.582. The number of hydrogen-bond donors (Lipinski definition) is 0. The van der Waals surface area contributed by atoms with Gasteiger partial charge in [0.1, 0.15) is 0 Å². The van der Waals surface area contributed by atoms with Gasteiger partial charge in [0.2, 0.25) is 0 Å². The number of aryl methyl sites for hydroxylation is 2. The molecule has 1 unspecified atom stereocenters. The minimum Gasteiger partial charge on any atom is -0.0619 e. The monoisotopic (exact) mass is 414 g/mol. The molecule has 0 heteroatoms. The van der Waals surface area contributed by atoms with E-state index < -0.39 is 0 Å². The van der Waals surface area contributed by atoms with Gasteiger partial charge in [0.25, 0.3) is 0 Å². The van der Waals surface area contributed by atoms with Crippen LogP contribution in [0.5, 0.6) is 0 Å². The molecule has 158 valence electrons. The van der Waals surface area contributed by atoms with Gasteiger partial charge in [-0.2, -0.15) is 0 Å². The second kappa shape index (κ2) is 6.45. The van der Waals surface area contributed by atoms with Crippen LogP contribution in [0.4, 0.5) is 0 Å². The summed E-state index contributed by atoms with van der Waals surface area (Å²) in [4.78, 5) is 0. The SMILES string of the molecule is Cc1ccc2c(c1)-c1ccccc1C2(C)Cc1cc(C)cc2c1-c1ccccc1C2(C)C. The van der Waals surface area contributed by atoms with Crippen molar-refractivity contribution in [3.05, 3.63) is 118 Å². The first-order valence-corrected chi connectivity index (χ1v) is 11.8. The number of benzene rings is 4. The molecular formula is C32H30. The van der Waals surface area contributed by atoms with E-state index in [1.54, 1.807) is 0 Å². The molecule has 0 N–H and O–H groups in total. The summed E-state index contributed by atoms with van der Waals surface area (Å²) >= 11 is 0. The summed E-state index contributed by atoms with van der Waals surface area (Å²) in [5, 5.41) is 0. The fourth-order valence-corrected chi connectivity index (χ4v) is 6.48. The second-order valence-electron chi connectivity index (χ2n) is 10.6. The average molecular weight is 415 g/mol. The van der Waals surface area contributed by atoms with Crippen molar-refractivity contribution in [2.75, 3.05) is 0 Å². The quantitative estimate of drug-likeness (QED) is 0.310. The number of fused-ring (bicyclic) bond motifs is 6. The van der Waals surface area contributed by atoms with Crippen molar-refractivity contribution in [3.63, 3.8) is 0 Å². The van der Waals surface area contributed by atoms with Gasteiger partial charge >= 0.3 is 0 Å². The second-order valence-corrected chi connectivity index (χ2v) is 10.6. The predicted octanol–water partition coefficient (Wildman–Crippen LogP) is 8.14. The number of rotatable bonds is 2. The zero-order valence-corrected chi connectivity index (χ0v) is 19.7. The van der Waals surface area contributed by atoms with E-state index in [1.807, 2.05) is 0 Å². The summed E-state index contributed by atoms with van der Waals surface area (Å²) in [5.41, 5.74) is 15.7. The maximum atomic E-state index is 2.45. The van der Waals surface area contributed by atoms with Crippen LogP contribution in [0.3, 0.4) is 0 Å². The Morgan fingerprint density at radius 2 is 1.22 bits per heavy atom. The van der Waals surface area contributed by atoms with Crippen LogP contribution in [0.1, 0.15) is 59.7 Å². The zero-order valence-electron chi connectivity index (χ0n) is 19.7. The molecule has 4 aromatic carbocycles. The molecule has 0 radical (unpaired) electrons. The third-order valence-electron chi connectivity index (χ3n) is 8.03. The van der Waals surface area contributed by atoms with E-state index in [9.17, 15) is 0 Å². The van der Waals surface area contributed by atoms with Crippen molar-refractivity contribution in [3.8, 4) is 22.3 Å². The molecule has 0 saturated heterocycles. The van der Waals surface area contributed by atoms with E-state index in [0.29, 0.717) is 0 Å². The smallest absolute Gasteiger partial charge is 0.0227 e. The highest BCUT2D eigenvalue weighted by molar-refractivity contribution is 5.85. The Kier molecular flexibility index (Phi) is 3.94. The van der Waals surface area contributed by atoms with Gasteiger partial charge in [0.15, 0.2) is 0 Å². The minimum atomic E-state index is -0.0388. The van der Waals surface area contributed by atoms with E-state index in [-0.39, 0.29) is 10.8 Å². The maximum absolute atomic E-state index is 2.45. The first kappa shape index (κ1) is 19.6. The lowest BCUT2D eigenvalue weighted by atomic mass is 9.73. The Hall–Kier alpha value is -3.12. The van der Waals surface area contributed by atoms with E-state index in [2.05, 4.69) is 113 Å². The van der Waals surface area contributed by atoms with Crippen molar-refractivity contribution >= 4 is 0 Å². The van der Waals surface area contributed by atoms with Gasteiger partial charge in [-0.15, -0.1) is 0 Å². The first-order valence-electron chi connectivity index (χ1n) is 11.8. The maximum Gasteiger partial charge on any atom is 0.0227 e. The molecule has 6 rings (SSSR count). The molecule has 0 saturated carbocycles. The van der Waals surface area contributed by atoms with Crippen LogP contribution in [0.15, 0.2) is 78.9 Å². The Morgan fingerprint density at radius 1 is 0.562 bits per heavy atom. The molecule has 2 aliphatic carbocycles. The summed E-state index contributed by atoms with van der Waals surface area (Å²) in [6.07, 6.45) is 1.01. The fraction of sp³-hybridized carbons (Fsp3) is 0.250. The molecule has 0 heterocycles. The minimum absolute atomic E-state index is 0.0379. The standard InChI is InChI=1S/C32H30/c1-20-14-15-28-25(17-20)23-10-6-9-13-27(23)32(28,5)19-22-16-21(2)18-29-30(22)24-11-7-8-12-26(24)31(29,3)4/h6-18H,19H2,1-5H3. The summed E-state index contributed by atoms with van der Waals surface area (Å²) in [7, 11) is 0. The molecular weight excluding hydrogens is 384 g/mol. The van der Waals surface area contributed by atoms with Crippen LogP contribution in [-0.4, -0.2) is 0 Å². The fourth-order valence-electron chi connectivity index (χ4n) is 6.48. The van der Waals surface area contributed by atoms with Gasteiger partial charge in [-0.3, -0.25) is 0 Å². The van der Waals surface area contributed by atoms with Crippen molar-refractivity contribution in [1.29, 1.82) is 0 Å². The molecule has 0 spiro atoms. The Morgan fingerprint density at radius 3 is 2.00 bits per heavy atom. The molecule has 32 heavy (non-hydrogen) atoms. The highest BCUT2D eigenvalue weighted by Gasteiger charge is 2.42. The highest BCUT2D eigenvalue weighted by atomic mass is 14.4. The molecule has 4 aromatic rings. The lowest BCUT2D eigenvalue weighted by Gasteiger charge is -2.30. The lowest BCUT2D eigenvalue weighted by Crippen LogP contribution is -2.24. The van der Waals surface area contributed by atoms with Crippen molar-refractivity contribution in [1.82, 2.24) is 0 Å². The summed E-state index contributed by atoms with van der Waals surface area (Å²) < 4.78 is 0. The van der Waals surface area contributed by atoms with Gasteiger partial charge in [-0.05, 0) is 70.3 Å². The van der Waals surface area contributed by atoms with Gasteiger partial charge in [-0.1, -0.05) is 111 Å². The van der Waals surface area contributed by atoms with Crippen LogP contribution in [-0.2, 0) is 17.3 Å². The molecule has 0 fully saturated rings. The van der Waals surface area contributed by atoms with E-state index in [4.69, 9.17) is 0 Å². The molecule has 0 aliphatic heterocycles. The van der Waals surface area contributed by atoms with Gasteiger partial charge in [-0.25, -0.2) is 0 Å². The van der Waals surface area contributed by atoms with E-state index in [0.717, 1.165) is 6.42 Å². The van der Waals surface area contributed by atoms with Crippen molar-refractivity contribution < 1.29 is 0 Å². The highest BCUT2D eigenvalue weighted by Crippen LogP contribution is 2.54. The van der Waals surface area contributed by atoms with E-state index in [1.165, 1.54) is 61.2 Å². The molecule has 0 nitrogen and oxygen atoms in total. The molecule has 2 aliphatic rings. The van der Waals surface area contributed by atoms with Crippen LogP contribution in [0.25, 0.3) is 22.3 Å². The van der Waals surface area contributed by atoms with Gasteiger partial charge in [0.05, 0.1) is 0 Å². The largest absolute Gasteiger partial charge is 0.0619 e. The van der Waals surface area contributed by atoms with Crippen LogP contribution >= 0.6 is 0 Å². The Labute approximate surface area is 192 Å².